The van der Waals surface area contributed by atoms with E-state index in [9.17, 15) is 4.79 Å². The fourth-order valence-corrected chi connectivity index (χ4v) is 2.23. The fourth-order valence-electron chi connectivity index (χ4n) is 2.09. The van der Waals surface area contributed by atoms with Gasteiger partial charge in [0.1, 0.15) is 22.5 Å². The molecular formula is C16H18ClN3O3. The second-order valence-electron chi connectivity index (χ2n) is 4.89. The van der Waals surface area contributed by atoms with Crippen molar-refractivity contribution in [1.82, 2.24) is 4.98 Å². The first-order chi connectivity index (χ1) is 11.0. The first-order valence-electron chi connectivity index (χ1n) is 6.88. The third-order valence-electron chi connectivity index (χ3n) is 3.36. The highest BCUT2D eigenvalue weighted by molar-refractivity contribution is 6.30. The number of hydrogen-bond acceptors (Lipinski definition) is 5. The molecule has 2 rings (SSSR count). The summed E-state index contributed by atoms with van der Waals surface area (Å²) in [4.78, 5) is 15.7. The molecule has 23 heavy (non-hydrogen) atoms. The number of halogens is 1. The molecule has 0 aliphatic heterocycles. The Balaban J connectivity index is 2.27. The van der Waals surface area contributed by atoms with Crippen LogP contribution < -0.4 is 20.5 Å². The Bertz CT molecular complexity index is 735. The molecule has 0 saturated carbocycles. The number of nitrogens with zero attached hydrogens (tertiary/aromatic N) is 1. The second kappa shape index (κ2) is 7.19. The summed E-state index contributed by atoms with van der Waals surface area (Å²) in [7, 11) is 3.16. The third kappa shape index (κ3) is 3.84. The van der Waals surface area contributed by atoms with Crippen LogP contribution in [0.5, 0.6) is 11.5 Å². The van der Waals surface area contributed by atoms with E-state index in [1.165, 1.54) is 0 Å². The van der Waals surface area contributed by atoms with Crippen LogP contribution in [0.4, 0.5) is 5.82 Å². The number of carbonyl (C=O) groups is 1. The molecule has 122 valence electrons. The van der Waals surface area contributed by atoms with Crippen molar-refractivity contribution in [3.05, 3.63) is 46.1 Å². The zero-order valence-electron chi connectivity index (χ0n) is 13.1. The monoisotopic (exact) mass is 335 g/mol. The van der Waals surface area contributed by atoms with Gasteiger partial charge >= 0.3 is 0 Å². The number of hydrogen-bond donors (Lipinski definition) is 2. The van der Waals surface area contributed by atoms with Gasteiger partial charge in [0.05, 0.1) is 19.8 Å². The lowest BCUT2D eigenvalue weighted by molar-refractivity contribution is 0.100. The zero-order chi connectivity index (χ0) is 17.0. The molecule has 0 unspecified atom stereocenters. The van der Waals surface area contributed by atoms with E-state index in [1.807, 2.05) is 12.1 Å². The standard InChI is InChI=1S/C16H18ClN3O3/c1-9-6-12(15(18)21)16(20-14(9)17)19-8-10-4-5-11(22-2)7-13(10)23-3/h4-7H,8H2,1-3H3,(H2,18,21)(H,19,20). The number of ether oxygens (including phenoxy) is 2. The minimum atomic E-state index is -0.568. The Morgan fingerprint density at radius 2 is 2.04 bits per heavy atom. The van der Waals surface area contributed by atoms with Gasteiger partial charge in [0.2, 0.25) is 0 Å². The van der Waals surface area contributed by atoms with Gasteiger partial charge in [0.15, 0.2) is 0 Å². The summed E-state index contributed by atoms with van der Waals surface area (Å²) in [5, 5.41) is 3.39. The summed E-state index contributed by atoms with van der Waals surface area (Å²) in [6.45, 7) is 2.15. The Kier molecular flexibility index (Phi) is 5.28. The summed E-state index contributed by atoms with van der Waals surface area (Å²) in [5.74, 6) is 1.13. The van der Waals surface area contributed by atoms with E-state index in [1.54, 1.807) is 33.3 Å². The third-order valence-corrected chi connectivity index (χ3v) is 3.74. The van der Waals surface area contributed by atoms with E-state index in [4.69, 9.17) is 26.8 Å². The van der Waals surface area contributed by atoms with E-state index in [-0.39, 0.29) is 0 Å². The molecule has 7 heteroatoms. The van der Waals surface area contributed by atoms with Crippen molar-refractivity contribution in [2.24, 2.45) is 5.73 Å². The Morgan fingerprint density at radius 3 is 2.65 bits per heavy atom. The van der Waals surface area contributed by atoms with Crippen LogP contribution in [0.3, 0.4) is 0 Å². The number of methoxy groups -OCH3 is 2. The van der Waals surface area contributed by atoms with Crippen molar-refractivity contribution in [2.45, 2.75) is 13.5 Å². The molecule has 0 atom stereocenters. The molecule has 0 spiro atoms. The second-order valence-corrected chi connectivity index (χ2v) is 5.25. The molecule has 1 heterocycles. The topological polar surface area (TPSA) is 86.5 Å². The molecule has 0 saturated heterocycles. The van der Waals surface area contributed by atoms with Crippen LogP contribution in [0.15, 0.2) is 24.3 Å². The molecule has 0 aliphatic rings. The van der Waals surface area contributed by atoms with Crippen LogP contribution in [0.1, 0.15) is 21.5 Å². The van der Waals surface area contributed by atoms with E-state index in [0.717, 1.165) is 5.56 Å². The lowest BCUT2D eigenvalue weighted by Crippen LogP contribution is -2.16. The predicted molar refractivity (Wildman–Crippen MR) is 89.4 cm³/mol. The van der Waals surface area contributed by atoms with Crippen molar-refractivity contribution < 1.29 is 14.3 Å². The van der Waals surface area contributed by atoms with E-state index >= 15 is 0 Å². The SMILES string of the molecule is COc1ccc(CNc2nc(Cl)c(C)cc2C(N)=O)c(OC)c1. The Morgan fingerprint density at radius 1 is 1.30 bits per heavy atom. The Hall–Kier alpha value is -2.47. The average molecular weight is 336 g/mol. The van der Waals surface area contributed by atoms with Gasteiger partial charge in [-0.15, -0.1) is 0 Å². The zero-order valence-corrected chi connectivity index (χ0v) is 13.9. The van der Waals surface area contributed by atoms with Gasteiger partial charge < -0.3 is 20.5 Å². The van der Waals surface area contributed by atoms with Crippen LogP contribution in [0.25, 0.3) is 0 Å². The largest absolute Gasteiger partial charge is 0.497 e. The highest BCUT2D eigenvalue weighted by Gasteiger charge is 2.13. The number of pyridine rings is 1. The number of nitrogens with two attached hydrogens (primary N) is 1. The molecular weight excluding hydrogens is 318 g/mol. The molecule has 0 radical (unpaired) electrons. The maximum absolute atomic E-state index is 11.6. The van der Waals surface area contributed by atoms with Crippen LogP contribution >= 0.6 is 11.6 Å². The van der Waals surface area contributed by atoms with Gasteiger partial charge in [-0.05, 0) is 30.7 Å². The molecule has 1 aromatic heterocycles. The molecule has 3 N–H and O–H groups in total. The van der Waals surface area contributed by atoms with Gasteiger partial charge in [-0.2, -0.15) is 0 Å². The number of benzene rings is 1. The van der Waals surface area contributed by atoms with E-state index in [0.29, 0.717) is 40.1 Å². The number of aryl methyl sites for hydroxylation is 1. The van der Waals surface area contributed by atoms with Crippen LogP contribution in [-0.4, -0.2) is 25.1 Å². The summed E-state index contributed by atoms with van der Waals surface area (Å²) in [6, 6.07) is 7.08. The van der Waals surface area contributed by atoms with E-state index in [2.05, 4.69) is 10.3 Å². The predicted octanol–water partition coefficient (Wildman–Crippen LogP) is 2.77. The molecule has 0 aliphatic carbocycles. The van der Waals surface area contributed by atoms with Crippen LogP contribution in [0.2, 0.25) is 5.15 Å². The summed E-state index contributed by atoms with van der Waals surface area (Å²) in [6.07, 6.45) is 0. The highest BCUT2D eigenvalue weighted by atomic mass is 35.5. The first kappa shape index (κ1) is 16.9. The highest BCUT2D eigenvalue weighted by Crippen LogP contribution is 2.26. The number of aromatic nitrogens is 1. The van der Waals surface area contributed by atoms with Crippen molar-refractivity contribution in [3.63, 3.8) is 0 Å². The maximum Gasteiger partial charge on any atom is 0.252 e. The van der Waals surface area contributed by atoms with Gasteiger partial charge in [0, 0.05) is 18.2 Å². The van der Waals surface area contributed by atoms with Crippen molar-refractivity contribution in [1.29, 1.82) is 0 Å². The lowest BCUT2D eigenvalue weighted by Gasteiger charge is -2.14. The number of anilines is 1. The summed E-state index contributed by atoms with van der Waals surface area (Å²) < 4.78 is 10.5. The summed E-state index contributed by atoms with van der Waals surface area (Å²) in [5.41, 5.74) is 7.25. The number of carbonyl (C=O) groups excluding carboxylic acids is 1. The smallest absolute Gasteiger partial charge is 0.252 e. The summed E-state index contributed by atoms with van der Waals surface area (Å²) >= 11 is 6.03. The fraction of sp³-hybridized carbons (Fsp3) is 0.250. The number of rotatable bonds is 6. The number of amides is 1. The van der Waals surface area contributed by atoms with Crippen molar-refractivity contribution in [2.75, 3.05) is 19.5 Å². The van der Waals surface area contributed by atoms with Gasteiger partial charge in [-0.25, -0.2) is 4.98 Å². The molecule has 0 bridgehead atoms. The number of primary amides is 1. The minimum Gasteiger partial charge on any atom is -0.497 e. The van der Waals surface area contributed by atoms with Crippen molar-refractivity contribution in [3.8, 4) is 11.5 Å². The normalized spacial score (nSPS) is 10.3. The average Bonchev–Trinajstić information content (AvgIpc) is 2.55. The Labute approximate surface area is 139 Å². The van der Waals surface area contributed by atoms with Gasteiger partial charge in [0.25, 0.3) is 5.91 Å². The molecule has 2 aromatic rings. The van der Waals surface area contributed by atoms with Crippen LogP contribution in [0, 0.1) is 6.92 Å². The molecule has 1 aromatic carbocycles. The molecule has 0 fully saturated rings. The molecule has 6 nitrogen and oxygen atoms in total. The van der Waals surface area contributed by atoms with Gasteiger partial charge in [-0.3, -0.25) is 4.79 Å². The van der Waals surface area contributed by atoms with Crippen molar-refractivity contribution >= 4 is 23.3 Å². The first-order valence-corrected chi connectivity index (χ1v) is 7.25. The van der Waals surface area contributed by atoms with Gasteiger partial charge in [-0.1, -0.05) is 11.6 Å². The van der Waals surface area contributed by atoms with Crippen LogP contribution in [-0.2, 0) is 6.54 Å². The number of nitrogens with one attached hydrogen (secondary N) is 1. The lowest BCUT2D eigenvalue weighted by atomic mass is 10.1. The quantitative estimate of drug-likeness (QED) is 0.793. The van der Waals surface area contributed by atoms with E-state index < -0.39 is 5.91 Å². The maximum atomic E-state index is 11.6. The minimum absolute atomic E-state index is 0.291. The molecule has 1 amide bonds.